The number of rotatable bonds is 3. The van der Waals surface area contributed by atoms with Gasteiger partial charge in [-0.15, -0.1) is 11.8 Å². The van der Waals surface area contributed by atoms with Gasteiger partial charge in [0.15, 0.2) is 0 Å². The largest absolute Gasteiger partial charge is 0.369 e. The lowest BCUT2D eigenvalue weighted by atomic mass is 10.4. The molecule has 0 aromatic heterocycles. The van der Waals surface area contributed by atoms with Gasteiger partial charge in [0.05, 0.1) is 15.8 Å². The van der Waals surface area contributed by atoms with Gasteiger partial charge in [-0.25, -0.2) is 0 Å². The molecule has 1 amide bonds. The SMILES string of the molecule is NC(=O)CSc1cccc(Cl)c1Cl. The summed E-state index contributed by atoms with van der Waals surface area (Å²) in [5.41, 5.74) is 4.99. The summed E-state index contributed by atoms with van der Waals surface area (Å²) in [6, 6.07) is 5.26. The quantitative estimate of drug-likeness (QED) is 0.819. The van der Waals surface area contributed by atoms with E-state index in [0.29, 0.717) is 10.0 Å². The number of benzene rings is 1. The highest BCUT2D eigenvalue weighted by atomic mass is 35.5. The Labute approximate surface area is 90.4 Å². The first-order valence-electron chi connectivity index (χ1n) is 3.46. The van der Waals surface area contributed by atoms with Crippen molar-refractivity contribution in [2.75, 3.05) is 5.75 Å². The maximum Gasteiger partial charge on any atom is 0.227 e. The summed E-state index contributed by atoms with van der Waals surface area (Å²) < 4.78 is 0. The van der Waals surface area contributed by atoms with Gasteiger partial charge < -0.3 is 5.73 Å². The molecule has 0 fully saturated rings. The van der Waals surface area contributed by atoms with Crippen molar-refractivity contribution in [3.8, 4) is 0 Å². The fourth-order valence-electron chi connectivity index (χ4n) is 0.744. The van der Waals surface area contributed by atoms with Crippen molar-refractivity contribution < 1.29 is 4.79 Å². The number of amides is 1. The summed E-state index contributed by atoms with van der Waals surface area (Å²) >= 11 is 12.9. The van der Waals surface area contributed by atoms with Crippen molar-refractivity contribution in [3.63, 3.8) is 0 Å². The van der Waals surface area contributed by atoms with Crippen molar-refractivity contribution in [3.05, 3.63) is 28.2 Å². The molecule has 0 aliphatic heterocycles. The van der Waals surface area contributed by atoms with Gasteiger partial charge >= 0.3 is 0 Å². The van der Waals surface area contributed by atoms with Crippen LogP contribution in [0.4, 0.5) is 0 Å². The molecule has 5 heteroatoms. The molecule has 1 aromatic rings. The highest BCUT2D eigenvalue weighted by Crippen LogP contribution is 2.32. The normalized spacial score (nSPS) is 10.0. The Morgan fingerprint density at radius 1 is 1.46 bits per heavy atom. The van der Waals surface area contributed by atoms with Gasteiger partial charge in [0.25, 0.3) is 0 Å². The predicted octanol–water partition coefficient (Wildman–Crippen LogP) is 2.57. The van der Waals surface area contributed by atoms with Gasteiger partial charge in [-0.1, -0.05) is 29.3 Å². The lowest BCUT2D eigenvalue weighted by Gasteiger charge is -2.02. The zero-order chi connectivity index (χ0) is 9.84. The van der Waals surface area contributed by atoms with Crippen LogP contribution in [0.15, 0.2) is 23.1 Å². The van der Waals surface area contributed by atoms with E-state index in [9.17, 15) is 4.79 Å². The summed E-state index contributed by atoms with van der Waals surface area (Å²) in [7, 11) is 0. The van der Waals surface area contributed by atoms with Crippen molar-refractivity contribution in [1.82, 2.24) is 0 Å². The molecule has 1 aromatic carbocycles. The maximum atomic E-state index is 10.5. The summed E-state index contributed by atoms with van der Waals surface area (Å²) in [5.74, 6) is -0.166. The first kappa shape index (κ1) is 10.7. The van der Waals surface area contributed by atoms with E-state index >= 15 is 0 Å². The van der Waals surface area contributed by atoms with Crippen molar-refractivity contribution in [1.29, 1.82) is 0 Å². The van der Waals surface area contributed by atoms with E-state index in [1.807, 2.05) is 0 Å². The van der Waals surface area contributed by atoms with E-state index < -0.39 is 0 Å². The summed E-state index contributed by atoms with van der Waals surface area (Å²) in [4.78, 5) is 11.3. The highest BCUT2D eigenvalue weighted by molar-refractivity contribution is 8.00. The minimum atomic E-state index is -0.374. The maximum absolute atomic E-state index is 10.5. The van der Waals surface area contributed by atoms with E-state index in [-0.39, 0.29) is 11.7 Å². The standard InChI is InChI=1S/C8H7Cl2NOS/c9-5-2-1-3-6(8(5)10)13-4-7(11)12/h1-3H,4H2,(H2,11,12). The smallest absolute Gasteiger partial charge is 0.227 e. The van der Waals surface area contributed by atoms with E-state index in [1.165, 1.54) is 11.8 Å². The van der Waals surface area contributed by atoms with Crippen LogP contribution in [-0.2, 0) is 4.79 Å². The molecule has 0 bridgehead atoms. The van der Waals surface area contributed by atoms with Crippen LogP contribution in [0.25, 0.3) is 0 Å². The number of thioether (sulfide) groups is 1. The molecule has 0 unspecified atom stereocenters. The molecule has 0 heterocycles. The van der Waals surface area contributed by atoms with Gasteiger partial charge in [-0.3, -0.25) is 4.79 Å². The molecular formula is C8H7Cl2NOS. The Hall–Kier alpha value is -0.380. The van der Waals surface area contributed by atoms with Crippen LogP contribution in [-0.4, -0.2) is 11.7 Å². The van der Waals surface area contributed by atoms with Crippen molar-refractivity contribution >= 4 is 40.9 Å². The van der Waals surface area contributed by atoms with Gasteiger partial charge in [-0.2, -0.15) is 0 Å². The molecule has 0 atom stereocenters. The minimum absolute atomic E-state index is 0.208. The lowest BCUT2D eigenvalue weighted by Crippen LogP contribution is -2.12. The minimum Gasteiger partial charge on any atom is -0.369 e. The van der Waals surface area contributed by atoms with Crippen LogP contribution in [0.1, 0.15) is 0 Å². The average molecular weight is 236 g/mol. The Morgan fingerprint density at radius 3 is 2.77 bits per heavy atom. The van der Waals surface area contributed by atoms with Crippen molar-refractivity contribution in [2.45, 2.75) is 4.90 Å². The molecule has 0 aliphatic carbocycles. The summed E-state index contributed by atoms with van der Waals surface area (Å²) in [5, 5.41) is 0.951. The second-order valence-electron chi connectivity index (χ2n) is 2.31. The molecule has 0 aliphatic rings. The van der Waals surface area contributed by atoms with Gasteiger partial charge in [-0.05, 0) is 12.1 Å². The van der Waals surface area contributed by atoms with Gasteiger partial charge in [0.1, 0.15) is 0 Å². The second-order valence-corrected chi connectivity index (χ2v) is 4.11. The average Bonchev–Trinajstić information content (AvgIpc) is 2.07. The molecule has 1 rings (SSSR count). The van der Waals surface area contributed by atoms with E-state index in [2.05, 4.69) is 0 Å². The fraction of sp³-hybridized carbons (Fsp3) is 0.125. The number of primary amides is 1. The molecule has 2 nitrogen and oxygen atoms in total. The zero-order valence-electron chi connectivity index (χ0n) is 6.59. The third-order valence-electron chi connectivity index (χ3n) is 1.29. The summed E-state index contributed by atoms with van der Waals surface area (Å²) in [6.45, 7) is 0. The Kier molecular flexibility index (Phi) is 3.90. The number of carbonyl (C=O) groups excluding carboxylic acids is 1. The van der Waals surface area contributed by atoms with E-state index in [0.717, 1.165) is 4.90 Å². The predicted molar refractivity (Wildman–Crippen MR) is 56.4 cm³/mol. The van der Waals surface area contributed by atoms with Crippen LogP contribution in [0.5, 0.6) is 0 Å². The number of hydrogen-bond acceptors (Lipinski definition) is 2. The molecule has 13 heavy (non-hydrogen) atoms. The highest BCUT2D eigenvalue weighted by Gasteiger charge is 2.05. The van der Waals surface area contributed by atoms with E-state index in [1.54, 1.807) is 18.2 Å². The Bertz CT molecular complexity index is 330. The Balaban J connectivity index is 2.77. The monoisotopic (exact) mass is 235 g/mol. The molecule has 0 spiro atoms. The third-order valence-corrected chi connectivity index (χ3v) is 3.30. The van der Waals surface area contributed by atoms with Crippen LogP contribution in [0, 0.1) is 0 Å². The molecule has 0 radical (unpaired) electrons. The molecule has 2 N–H and O–H groups in total. The van der Waals surface area contributed by atoms with Crippen LogP contribution >= 0.6 is 35.0 Å². The van der Waals surface area contributed by atoms with Gasteiger partial charge in [0, 0.05) is 4.90 Å². The van der Waals surface area contributed by atoms with Crippen LogP contribution < -0.4 is 5.73 Å². The lowest BCUT2D eigenvalue weighted by molar-refractivity contribution is -0.115. The number of nitrogens with two attached hydrogens (primary N) is 1. The van der Waals surface area contributed by atoms with Crippen LogP contribution in [0.3, 0.4) is 0 Å². The fourth-order valence-corrected chi connectivity index (χ4v) is 1.97. The molecular weight excluding hydrogens is 229 g/mol. The third kappa shape index (κ3) is 3.10. The second kappa shape index (κ2) is 4.74. The Morgan fingerprint density at radius 2 is 2.15 bits per heavy atom. The van der Waals surface area contributed by atoms with Crippen LogP contribution in [0.2, 0.25) is 10.0 Å². The number of hydrogen-bond donors (Lipinski definition) is 1. The zero-order valence-corrected chi connectivity index (χ0v) is 8.92. The van der Waals surface area contributed by atoms with Gasteiger partial charge in [0.2, 0.25) is 5.91 Å². The number of halogens is 2. The van der Waals surface area contributed by atoms with E-state index in [4.69, 9.17) is 28.9 Å². The molecule has 0 saturated carbocycles. The molecule has 70 valence electrons. The topological polar surface area (TPSA) is 43.1 Å². The first-order chi connectivity index (χ1) is 6.11. The molecule has 0 saturated heterocycles. The first-order valence-corrected chi connectivity index (χ1v) is 5.20. The summed E-state index contributed by atoms with van der Waals surface area (Å²) in [6.07, 6.45) is 0. The van der Waals surface area contributed by atoms with Crippen molar-refractivity contribution in [2.24, 2.45) is 5.73 Å². The number of carbonyl (C=O) groups is 1.